The van der Waals surface area contributed by atoms with E-state index in [2.05, 4.69) is 46.1 Å². The van der Waals surface area contributed by atoms with Crippen molar-refractivity contribution >= 4 is 49.1 Å². The number of fused-ring (bicyclic) bond motifs is 3. The molecule has 114 valence electrons. The van der Waals surface area contributed by atoms with Gasteiger partial charge in [-0.2, -0.15) is 0 Å². The molecule has 4 aromatic rings. The van der Waals surface area contributed by atoms with Gasteiger partial charge in [-0.05, 0) is 51.4 Å². The van der Waals surface area contributed by atoms with Crippen LogP contribution in [0.4, 0.5) is 0 Å². The first-order valence-electron chi connectivity index (χ1n) is 7.55. The summed E-state index contributed by atoms with van der Waals surface area (Å²) in [7, 11) is 0. The van der Waals surface area contributed by atoms with Gasteiger partial charge in [-0.3, -0.25) is 0 Å². The second kappa shape index (κ2) is 5.98. The van der Waals surface area contributed by atoms with E-state index in [9.17, 15) is 0 Å². The Balaban J connectivity index is 2.24. The van der Waals surface area contributed by atoms with Crippen molar-refractivity contribution in [1.29, 1.82) is 0 Å². The first-order chi connectivity index (χ1) is 11.7. The van der Waals surface area contributed by atoms with Crippen molar-refractivity contribution < 1.29 is 0 Å². The van der Waals surface area contributed by atoms with Gasteiger partial charge in [-0.15, -0.1) is 6.42 Å². The quantitative estimate of drug-likeness (QED) is 0.241. The third kappa shape index (κ3) is 2.40. The van der Waals surface area contributed by atoms with Crippen LogP contribution in [0.15, 0.2) is 71.2 Å². The maximum absolute atomic E-state index is 6.23. The molecule has 0 aromatic heterocycles. The van der Waals surface area contributed by atoms with E-state index in [1.807, 2.05) is 42.5 Å². The van der Waals surface area contributed by atoms with Crippen LogP contribution in [0.1, 0.15) is 5.56 Å². The summed E-state index contributed by atoms with van der Waals surface area (Å²) in [6, 6.07) is 22.5. The SMILES string of the molecule is C#Cc1c(-c2ccc(Br)cc2)c2ccccc2c2cc(Cl)ccc12. The van der Waals surface area contributed by atoms with Gasteiger partial charge in [-0.25, -0.2) is 0 Å². The van der Waals surface area contributed by atoms with Crippen LogP contribution in [-0.4, -0.2) is 0 Å². The summed E-state index contributed by atoms with van der Waals surface area (Å²) in [5.41, 5.74) is 3.11. The first kappa shape index (κ1) is 15.3. The molecule has 4 rings (SSSR count). The van der Waals surface area contributed by atoms with E-state index >= 15 is 0 Å². The second-order valence-electron chi connectivity index (χ2n) is 5.64. The van der Waals surface area contributed by atoms with Crippen molar-refractivity contribution in [3.63, 3.8) is 0 Å². The number of halogens is 2. The minimum absolute atomic E-state index is 0.715. The van der Waals surface area contributed by atoms with Gasteiger partial charge < -0.3 is 0 Å². The molecule has 0 spiro atoms. The number of benzene rings is 4. The second-order valence-corrected chi connectivity index (χ2v) is 6.99. The summed E-state index contributed by atoms with van der Waals surface area (Å²) < 4.78 is 1.05. The van der Waals surface area contributed by atoms with E-state index in [1.54, 1.807) is 0 Å². The van der Waals surface area contributed by atoms with E-state index in [1.165, 1.54) is 0 Å². The molecule has 2 heteroatoms. The van der Waals surface area contributed by atoms with Crippen LogP contribution >= 0.6 is 27.5 Å². The van der Waals surface area contributed by atoms with Gasteiger partial charge in [0.05, 0.1) is 0 Å². The highest BCUT2D eigenvalue weighted by Gasteiger charge is 2.14. The molecule has 0 unspecified atom stereocenters. The van der Waals surface area contributed by atoms with Crippen molar-refractivity contribution in [3.05, 3.63) is 81.8 Å². The summed E-state index contributed by atoms with van der Waals surface area (Å²) in [4.78, 5) is 0. The number of hydrogen-bond acceptors (Lipinski definition) is 0. The Hall–Kier alpha value is -2.27. The molecule has 0 amide bonds. The molecular formula is C22H12BrCl. The molecule has 0 saturated carbocycles. The van der Waals surface area contributed by atoms with E-state index in [-0.39, 0.29) is 0 Å². The lowest BCUT2D eigenvalue weighted by atomic mass is 9.88. The molecule has 0 aliphatic heterocycles. The molecule has 0 aliphatic rings. The third-order valence-electron chi connectivity index (χ3n) is 4.26. The number of rotatable bonds is 1. The zero-order chi connectivity index (χ0) is 16.7. The predicted molar refractivity (Wildman–Crippen MR) is 108 cm³/mol. The van der Waals surface area contributed by atoms with Crippen LogP contribution in [0.25, 0.3) is 32.7 Å². The van der Waals surface area contributed by atoms with Crippen molar-refractivity contribution in [2.45, 2.75) is 0 Å². The van der Waals surface area contributed by atoms with Crippen LogP contribution in [0, 0.1) is 12.3 Å². The average Bonchev–Trinajstić information content (AvgIpc) is 2.61. The van der Waals surface area contributed by atoms with Crippen LogP contribution in [0.3, 0.4) is 0 Å². The van der Waals surface area contributed by atoms with E-state index in [0.29, 0.717) is 5.02 Å². The Kier molecular flexibility index (Phi) is 3.81. The fourth-order valence-electron chi connectivity index (χ4n) is 3.23. The molecule has 24 heavy (non-hydrogen) atoms. The predicted octanol–water partition coefficient (Wildman–Crippen LogP) is 7.06. The maximum atomic E-state index is 6.23. The van der Waals surface area contributed by atoms with Gasteiger partial charge in [0, 0.05) is 20.6 Å². The third-order valence-corrected chi connectivity index (χ3v) is 5.03. The van der Waals surface area contributed by atoms with Crippen molar-refractivity contribution in [3.8, 4) is 23.5 Å². The molecule has 0 aliphatic carbocycles. The molecule has 0 heterocycles. The van der Waals surface area contributed by atoms with Gasteiger partial charge in [0.15, 0.2) is 0 Å². The van der Waals surface area contributed by atoms with Gasteiger partial charge in [0.2, 0.25) is 0 Å². The van der Waals surface area contributed by atoms with Crippen molar-refractivity contribution in [2.24, 2.45) is 0 Å². The lowest BCUT2D eigenvalue weighted by Crippen LogP contribution is -1.91. The molecular weight excluding hydrogens is 380 g/mol. The maximum Gasteiger partial charge on any atom is 0.0412 e. The van der Waals surface area contributed by atoms with Crippen LogP contribution in [0.2, 0.25) is 5.02 Å². The zero-order valence-corrected chi connectivity index (χ0v) is 15.0. The van der Waals surface area contributed by atoms with Gasteiger partial charge in [0.25, 0.3) is 0 Å². The van der Waals surface area contributed by atoms with Crippen molar-refractivity contribution in [1.82, 2.24) is 0 Å². The van der Waals surface area contributed by atoms with Crippen LogP contribution < -0.4 is 0 Å². The van der Waals surface area contributed by atoms with Gasteiger partial charge >= 0.3 is 0 Å². The highest BCUT2D eigenvalue weighted by molar-refractivity contribution is 9.10. The highest BCUT2D eigenvalue weighted by atomic mass is 79.9. The molecule has 0 bridgehead atoms. The Morgan fingerprint density at radius 2 is 1.50 bits per heavy atom. The first-order valence-corrected chi connectivity index (χ1v) is 8.72. The zero-order valence-electron chi connectivity index (χ0n) is 12.7. The summed E-state index contributed by atoms with van der Waals surface area (Å²) in [5.74, 6) is 2.91. The molecule has 0 saturated heterocycles. The fraction of sp³-hybridized carbons (Fsp3) is 0. The standard InChI is InChI=1S/C22H12BrCl/c1-2-17-19-12-11-16(24)13-21(19)18-5-3-4-6-20(18)22(17)14-7-9-15(23)10-8-14/h1,3-13H. The monoisotopic (exact) mass is 390 g/mol. The van der Waals surface area contributed by atoms with Gasteiger partial charge in [-0.1, -0.05) is 75.9 Å². The number of terminal acetylenes is 1. The lowest BCUT2D eigenvalue weighted by molar-refractivity contribution is 1.61. The lowest BCUT2D eigenvalue weighted by Gasteiger charge is -2.15. The topological polar surface area (TPSA) is 0 Å². The molecule has 0 radical (unpaired) electrons. The molecule has 4 aromatic carbocycles. The molecule has 0 nitrogen and oxygen atoms in total. The largest absolute Gasteiger partial charge is 0.115 e. The van der Waals surface area contributed by atoms with Gasteiger partial charge in [0.1, 0.15) is 0 Å². The number of hydrogen-bond donors (Lipinski definition) is 0. The Labute approximate surface area is 154 Å². The van der Waals surface area contributed by atoms with E-state index < -0.39 is 0 Å². The average molecular weight is 392 g/mol. The Morgan fingerprint density at radius 3 is 2.21 bits per heavy atom. The van der Waals surface area contributed by atoms with E-state index in [0.717, 1.165) is 42.7 Å². The minimum Gasteiger partial charge on any atom is -0.115 e. The molecule has 0 fully saturated rings. The Bertz CT molecular complexity index is 1120. The fourth-order valence-corrected chi connectivity index (χ4v) is 3.67. The summed E-state index contributed by atoms with van der Waals surface area (Å²) in [6.45, 7) is 0. The molecule has 0 N–H and O–H groups in total. The normalized spacial score (nSPS) is 10.9. The molecule has 0 atom stereocenters. The summed E-state index contributed by atoms with van der Waals surface area (Å²) in [5, 5.41) is 5.16. The van der Waals surface area contributed by atoms with E-state index in [4.69, 9.17) is 18.0 Å². The van der Waals surface area contributed by atoms with Crippen molar-refractivity contribution in [2.75, 3.05) is 0 Å². The van der Waals surface area contributed by atoms with Crippen LogP contribution in [-0.2, 0) is 0 Å². The summed E-state index contributed by atoms with van der Waals surface area (Å²) >= 11 is 9.73. The minimum atomic E-state index is 0.715. The Morgan fingerprint density at radius 1 is 0.792 bits per heavy atom. The summed E-state index contributed by atoms with van der Waals surface area (Å²) in [6.07, 6.45) is 5.92. The highest BCUT2D eigenvalue weighted by Crippen LogP contribution is 2.39. The van der Waals surface area contributed by atoms with Crippen LogP contribution in [0.5, 0.6) is 0 Å². The smallest absolute Gasteiger partial charge is 0.0412 e.